The Bertz CT molecular complexity index is 382. The zero-order valence-electron chi connectivity index (χ0n) is 9.77. The predicted molar refractivity (Wildman–Crippen MR) is 71.1 cm³/mol. The number of nitrogens with two attached hydrogens (primary N) is 1. The average Bonchev–Trinajstić information content (AvgIpc) is 2.82. The second-order valence-corrected chi connectivity index (χ2v) is 6.20. The molecule has 2 saturated carbocycles. The molecule has 3 N–H and O–H groups in total. The van der Waals surface area contributed by atoms with Crippen LogP contribution in [0.5, 0.6) is 0 Å². The summed E-state index contributed by atoms with van der Waals surface area (Å²) >= 11 is 3.41. The number of fused-ring (bicyclic) bond motifs is 1. The fraction of sp³-hybridized carbons (Fsp3) is 0.615. The fourth-order valence-electron chi connectivity index (χ4n) is 3.53. The summed E-state index contributed by atoms with van der Waals surface area (Å²) in [5.74, 6) is 8.37. The van der Waals surface area contributed by atoms with Crippen molar-refractivity contribution in [3.05, 3.63) is 28.5 Å². The Morgan fingerprint density at radius 1 is 1.41 bits per heavy atom. The Labute approximate surface area is 110 Å². The van der Waals surface area contributed by atoms with Crippen LogP contribution in [0.1, 0.15) is 25.0 Å². The van der Waals surface area contributed by atoms with Crippen molar-refractivity contribution in [2.75, 3.05) is 0 Å². The maximum Gasteiger partial charge on any atom is 0.0420 e. The molecule has 0 amide bonds. The second-order valence-electron chi connectivity index (χ2n) is 5.28. The van der Waals surface area contributed by atoms with Crippen LogP contribution < -0.4 is 11.3 Å². The van der Waals surface area contributed by atoms with Crippen LogP contribution in [0.15, 0.2) is 22.8 Å². The Morgan fingerprint density at radius 2 is 2.18 bits per heavy atom. The third-order valence-corrected chi connectivity index (χ3v) is 4.84. The SMILES string of the molecule is NNC(Cc1ccc(Br)cn1)C1C2CCCC21. The first-order valence-electron chi connectivity index (χ1n) is 6.36. The molecule has 3 nitrogen and oxygen atoms in total. The number of halogens is 1. The van der Waals surface area contributed by atoms with Crippen molar-refractivity contribution in [1.82, 2.24) is 10.4 Å². The Kier molecular flexibility index (Phi) is 3.19. The van der Waals surface area contributed by atoms with Gasteiger partial charge in [-0.3, -0.25) is 16.3 Å². The van der Waals surface area contributed by atoms with E-state index < -0.39 is 0 Å². The highest BCUT2D eigenvalue weighted by atomic mass is 79.9. The van der Waals surface area contributed by atoms with Crippen molar-refractivity contribution in [3.8, 4) is 0 Å². The van der Waals surface area contributed by atoms with Gasteiger partial charge in [0.15, 0.2) is 0 Å². The summed E-state index contributed by atoms with van der Waals surface area (Å²) in [6.45, 7) is 0. The number of rotatable bonds is 4. The number of nitrogens with one attached hydrogen (secondary N) is 1. The topological polar surface area (TPSA) is 50.9 Å². The molecule has 92 valence electrons. The molecule has 1 heterocycles. The van der Waals surface area contributed by atoms with Gasteiger partial charge >= 0.3 is 0 Å². The molecule has 4 heteroatoms. The molecule has 0 radical (unpaired) electrons. The van der Waals surface area contributed by atoms with E-state index in [1.165, 1.54) is 19.3 Å². The van der Waals surface area contributed by atoms with Gasteiger partial charge in [0.2, 0.25) is 0 Å². The van der Waals surface area contributed by atoms with Crippen LogP contribution in [0.25, 0.3) is 0 Å². The predicted octanol–water partition coefficient (Wildman–Crippen LogP) is 2.26. The van der Waals surface area contributed by atoms with E-state index in [4.69, 9.17) is 5.84 Å². The summed E-state index contributed by atoms with van der Waals surface area (Å²) in [7, 11) is 0. The fourth-order valence-corrected chi connectivity index (χ4v) is 3.77. The summed E-state index contributed by atoms with van der Waals surface area (Å²) in [6.07, 6.45) is 7.03. The molecule has 2 aliphatic rings. The molecular formula is C13H18BrN3. The van der Waals surface area contributed by atoms with Crippen LogP contribution >= 0.6 is 15.9 Å². The first-order valence-corrected chi connectivity index (χ1v) is 7.15. The molecule has 0 bridgehead atoms. The van der Waals surface area contributed by atoms with E-state index in [9.17, 15) is 0 Å². The van der Waals surface area contributed by atoms with Gasteiger partial charge in [-0.05, 0) is 58.7 Å². The minimum absolute atomic E-state index is 0.402. The molecule has 0 aromatic carbocycles. The Balaban J connectivity index is 1.64. The molecule has 2 aliphatic carbocycles. The minimum Gasteiger partial charge on any atom is -0.271 e. The quantitative estimate of drug-likeness (QED) is 0.662. The normalized spacial score (nSPS) is 32.2. The first kappa shape index (κ1) is 11.6. The molecule has 1 aromatic heterocycles. The van der Waals surface area contributed by atoms with Crippen LogP contribution in [0, 0.1) is 17.8 Å². The van der Waals surface area contributed by atoms with Gasteiger partial charge in [0.25, 0.3) is 0 Å². The molecule has 0 spiro atoms. The number of hydrogen-bond acceptors (Lipinski definition) is 3. The van der Waals surface area contributed by atoms with Gasteiger partial charge in [0, 0.05) is 28.8 Å². The molecule has 17 heavy (non-hydrogen) atoms. The first-order chi connectivity index (χ1) is 8.29. The molecule has 1 aromatic rings. The highest BCUT2D eigenvalue weighted by Gasteiger charge is 2.55. The van der Waals surface area contributed by atoms with Gasteiger partial charge in [-0.1, -0.05) is 6.42 Å². The lowest BCUT2D eigenvalue weighted by molar-refractivity contribution is 0.407. The monoisotopic (exact) mass is 295 g/mol. The van der Waals surface area contributed by atoms with Gasteiger partial charge < -0.3 is 0 Å². The van der Waals surface area contributed by atoms with E-state index in [1.54, 1.807) is 0 Å². The molecule has 2 fully saturated rings. The van der Waals surface area contributed by atoms with E-state index in [1.807, 2.05) is 12.3 Å². The highest BCUT2D eigenvalue weighted by Crippen LogP contribution is 2.59. The molecule has 0 saturated heterocycles. The summed E-state index contributed by atoms with van der Waals surface area (Å²) in [6, 6.07) is 4.52. The number of pyridine rings is 1. The van der Waals surface area contributed by atoms with Gasteiger partial charge in [-0.15, -0.1) is 0 Å². The number of hydrazine groups is 1. The summed E-state index contributed by atoms with van der Waals surface area (Å²) in [5, 5.41) is 0. The Hall–Kier alpha value is -0.450. The molecular weight excluding hydrogens is 278 g/mol. The number of nitrogens with zero attached hydrogens (tertiary/aromatic N) is 1. The van der Waals surface area contributed by atoms with E-state index in [-0.39, 0.29) is 0 Å². The highest BCUT2D eigenvalue weighted by molar-refractivity contribution is 9.10. The lowest BCUT2D eigenvalue weighted by Gasteiger charge is -2.17. The van der Waals surface area contributed by atoms with Crippen molar-refractivity contribution < 1.29 is 0 Å². The van der Waals surface area contributed by atoms with E-state index in [2.05, 4.69) is 32.4 Å². The van der Waals surface area contributed by atoms with Crippen LogP contribution in [0.4, 0.5) is 0 Å². The van der Waals surface area contributed by atoms with Crippen molar-refractivity contribution in [1.29, 1.82) is 0 Å². The van der Waals surface area contributed by atoms with Crippen molar-refractivity contribution in [3.63, 3.8) is 0 Å². The summed E-state index contributed by atoms with van der Waals surface area (Å²) in [5.41, 5.74) is 4.13. The van der Waals surface area contributed by atoms with E-state index in [0.29, 0.717) is 6.04 Å². The van der Waals surface area contributed by atoms with Crippen molar-refractivity contribution in [2.45, 2.75) is 31.7 Å². The standard InChI is InChI=1S/C13H18BrN3/c14-8-4-5-9(16-7-8)6-12(17-15)13-10-2-1-3-11(10)13/h4-5,7,10-13,17H,1-3,6,15H2. The van der Waals surface area contributed by atoms with Crippen LogP contribution in [-0.4, -0.2) is 11.0 Å². The van der Waals surface area contributed by atoms with E-state index >= 15 is 0 Å². The second kappa shape index (κ2) is 4.67. The Morgan fingerprint density at radius 3 is 2.76 bits per heavy atom. The van der Waals surface area contributed by atoms with Crippen molar-refractivity contribution >= 4 is 15.9 Å². The van der Waals surface area contributed by atoms with Crippen LogP contribution in [0.2, 0.25) is 0 Å². The lowest BCUT2D eigenvalue weighted by Crippen LogP contribution is -2.39. The minimum atomic E-state index is 0.402. The molecule has 3 atom stereocenters. The average molecular weight is 296 g/mol. The lowest BCUT2D eigenvalue weighted by atomic mass is 10.00. The molecule has 3 unspecified atom stereocenters. The maximum absolute atomic E-state index is 5.71. The third-order valence-electron chi connectivity index (χ3n) is 4.37. The van der Waals surface area contributed by atoms with Gasteiger partial charge in [0.1, 0.15) is 0 Å². The summed E-state index contributed by atoms with van der Waals surface area (Å²) in [4.78, 5) is 4.43. The van der Waals surface area contributed by atoms with Crippen molar-refractivity contribution in [2.24, 2.45) is 23.6 Å². The molecule has 3 rings (SSSR count). The van der Waals surface area contributed by atoms with Crippen LogP contribution in [0.3, 0.4) is 0 Å². The number of hydrogen-bond donors (Lipinski definition) is 2. The zero-order chi connectivity index (χ0) is 11.8. The summed E-state index contributed by atoms with van der Waals surface area (Å²) < 4.78 is 1.03. The largest absolute Gasteiger partial charge is 0.271 e. The third kappa shape index (κ3) is 2.26. The number of aromatic nitrogens is 1. The maximum atomic E-state index is 5.71. The molecule has 0 aliphatic heterocycles. The zero-order valence-corrected chi connectivity index (χ0v) is 11.4. The van der Waals surface area contributed by atoms with Crippen LogP contribution in [-0.2, 0) is 6.42 Å². The smallest absolute Gasteiger partial charge is 0.0420 e. The van der Waals surface area contributed by atoms with Gasteiger partial charge in [-0.2, -0.15) is 0 Å². The van der Waals surface area contributed by atoms with Gasteiger partial charge in [-0.25, -0.2) is 0 Å². The van der Waals surface area contributed by atoms with Gasteiger partial charge in [0.05, 0.1) is 0 Å². The van der Waals surface area contributed by atoms with E-state index in [0.717, 1.165) is 34.3 Å².